The van der Waals surface area contributed by atoms with E-state index in [2.05, 4.69) is 10.3 Å². The van der Waals surface area contributed by atoms with Crippen molar-refractivity contribution in [2.45, 2.75) is 6.42 Å². The second kappa shape index (κ2) is 3.80. The van der Waals surface area contributed by atoms with Crippen LogP contribution >= 0.6 is 0 Å². The summed E-state index contributed by atoms with van der Waals surface area (Å²) in [6, 6.07) is 5.67. The van der Waals surface area contributed by atoms with Gasteiger partial charge in [-0.2, -0.15) is 0 Å². The van der Waals surface area contributed by atoms with Gasteiger partial charge in [-0.05, 0) is 17.7 Å². The van der Waals surface area contributed by atoms with Gasteiger partial charge in [-0.3, -0.25) is 9.59 Å². The lowest BCUT2D eigenvalue weighted by atomic mass is 10.0. The number of aryl methyl sites for hydroxylation is 1. The van der Waals surface area contributed by atoms with Crippen molar-refractivity contribution in [2.24, 2.45) is 7.05 Å². The maximum absolute atomic E-state index is 11.3. The van der Waals surface area contributed by atoms with Gasteiger partial charge in [0.1, 0.15) is 5.69 Å². The summed E-state index contributed by atoms with van der Waals surface area (Å²) in [5.74, 6) is 0.00256. The summed E-state index contributed by atoms with van der Waals surface area (Å²) in [4.78, 5) is 26.3. The molecule has 3 rings (SSSR count). The second-order valence-corrected chi connectivity index (χ2v) is 4.30. The third-order valence-corrected chi connectivity index (χ3v) is 3.08. The molecule has 0 spiro atoms. The molecule has 1 aromatic carbocycles. The molecule has 2 aromatic rings. The van der Waals surface area contributed by atoms with E-state index in [-0.39, 0.29) is 5.91 Å². The first-order valence-corrected chi connectivity index (χ1v) is 5.58. The Morgan fingerprint density at radius 2 is 2.28 bits per heavy atom. The van der Waals surface area contributed by atoms with Crippen LogP contribution in [-0.2, 0) is 18.3 Å². The van der Waals surface area contributed by atoms with Crippen LogP contribution < -0.4 is 5.32 Å². The van der Waals surface area contributed by atoms with E-state index in [1.54, 1.807) is 10.9 Å². The zero-order valence-corrected chi connectivity index (χ0v) is 9.80. The number of fused-ring (bicyclic) bond motifs is 1. The van der Waals surface area contributed by atoms with Gasteiger partial charge in [0.25, 0.3) is 0 Å². The number of amides is 1. The van der Waals surface area contributed by atoms with Crippen molar-refractivity contribution >= 4 is 17.9 Å². The largest absolute Gasteiger partial charge is 0.333 e. The first kappa shape index (κ1) is 10.7. The molecular formula is C13H11N3O2. The van der Waals surface area contributed by atoms with Crippen molar-refractivity contribution in [2.75, 3.05) is 5.32 Å². The molecule has 1 N–H and O–H groups in total. The Kier molecular flexibility index (Phi) is 2.26. The summed E-state index contributed by atoms with van der Waals surface area (Å²) in [5, 5.41) is 2.78. The molecule has 0 saturated carbocycles. The summed E-state index contributed by atoms with van der Waals surface area (Å²) in [7, 11) is 1.84. The molecule has 2 heterocycles. The number of anilines is 1. The number of aldehydes is 1. The highest BCUT2D eigenvalue weighted by Crippen LogP contribution is 2.29. The molecule has 1 aliphatic rings. The molecule has 0 fully saturated rings. The first-order chi connectivity index (χ1) is 8.69. The topological polar surface area (TPSA) is 64.0 Å². The predicted octanol–water partition coefficient (Wildman–Crippen LogP) is 1.39. The van der Waals surface area contributed by atoms with Gasteiger partial charge in [0.2, 0.25) is 5.91 Å². The molecule has 0 saturated heterocycles. The number of imidazole rings is 1. The fourth-order valence-electron chi connectivity index (χ4n) is 2.26. The summed E-state index contributed by atoms with van der Waals surface area (Å²) in [6.07, 6.45) is 2.74. The molecule has 1 amide bonds. The van der Waals surface area contributed by atoms with Crippen molar-refractivity contribution in [3.8, 4) is 11.3 Å². The fourth-order valence-corrected chi connectivity index (χ4v) is 2.26. The molecule has 1 aromatic heterocycles. The molecule has 0 radical (unpaired) electrons. The number of hydrogen-bond donors (Lipinski definition) is 1. The van der Waals surface area contributed by atoms with E-state index in [9.17, 15) is 9.59 Å². The van der Waals surface area contributed by atoms with Crippen molar-refractivity contribution in [3.05, 3.63) is 35.8 Å². The highest BCUT2D eigenvalue weighted by molar-refractivity contribution is 6.00. The summed E-state index contributed by atoms with van der Waals surface area (Å²) < 4.78 is 1.80. The van der Waals surface area contributed by atoms with Crippen LogP contribution in [-0.4, -0.2) is 21.7 Å². The van der Waals surface area contributed by atoms with E-state index in [0.717, 1.165) is 28.8 Å². The van der Waals surface area contributed by atoms with E-state index >= 15 is 0 Å². The van der Waals surface area contributed by atoms with Crippen LogP contribution in [0.25, 0.3) is 11.3 Å². The maximum atomic E-state index is 11.3. The molecule has 5 heteroatoms. The minimum Gasteiger partial charge on any atom is -0.333 e. The van der Waals surface area contributed by atoms with Crippen LogP contribution in [0.5, 0.6) is 0 Å². The number of aromatic nitrogens is 2. The lowest BCUT2D eigenvalue weighted by Gasteiger charge is -2.06. The molecule has 0 aliphatic carbocycles. The third kappa shape index (κ3) is 1.52. The van der Waals surface area contributed by atoms with Crippen LogP contribution in [0.3, 0.4) is 0 Å². The Hall–Kier alpha value is -2.43. The molecule has 90 valence electrons. The molecule has 1 aliphatic heterocycles. The van der Waals surface area contributed by atoms with Crippen LogP contribution in [0.15, 0.2) is 24.5 Å². The average Bonchev–Trinajstić information content (AvgIpc) is 2.89. The number of carbonyl (C=O) groups excluding carboxylic acids is 2. The van der Waals surface area contributed by atoms with Gasteiger partial charge in [0.15, 0.2) is 6.29 Å². The van der Waals surface area contributed by atoms with Gasteiger partial charge < -0.3 is 9.88 Å². The number of carbonyl (C=O) groups is 2. The zero-order valence-electron chi connectivity index (χ0n) is 9.80. The maximum Gasteiger partial charge on any atom is 0.228 e. The first-order valence-electron chi connectivity index (χ1n) is 5.58. The van der Waals surface area contributed by atoms with Crippen LogP contribution in [0.4, 0.5) is 5.69 Å². The van der Waals surface area contributed by atoms with Crippen molar-refractivity contribution in [1.82, 2.24) is 9.55 Å². The Morgan fingerprint density at radius 1 is 1.44 bits per heavy atom. The average molecular weight is 241 g/mol. The Labute approximate surface area is 103 Å². The summed E-state index contributed by atoms with van der Waals surface area (Å²) >= 11 is 0. The Bertz CT molecular complexity index is 658. The van der Waals surface area contributed by atoms with E-state index in [1.807, 2.05) is 25.2 Å². The quantitative estimate of drug-likeness (QED) is 0.808. The highest BCUT2D eigenvalue weighted by Gasteiger charge is 2.19. The van der Waals surface area contributed by atoms with Gasteiger partial charge in [-0.15, -0.1) is 0 Å². The van der Waals surface area contributed by atoms with Crippen LogP contribution in [0.1, 0.15) is 16.1 Å². The minimum atomic E-state index is 0.00256. The highest BCUT2D eigenvalue weighted by atomic mass is 16.1. The van der Waals surface area contributed by atoms with Crippen molar-refractivity contribution in [1.29, 1.82) is 0 Å². The normalized spacial score (nSPS) is 13.3. The molecule has 0 atom stereocenters. The summed E-state index contributed by atoms with van der Waals surface area (Å²) in [6.45, 7) is 0. The second-order valence-electron chi connectivity index (χ2n) is 4.30. The van der Waals surface area contributed by atoms with Gasteiger partial charge in [0, 0.05) is 18.3 Å². The zero-order chi connectivity index (χ0) is 12.7. The molecule has 5 nitrogen and oxygen atoms in total. The minimum absolute atomic E-state index is 0.00256. The van der Waals surface area contributed by atoms with E-state index < -0.39 is 0 Å². The monoisotopic (exact) mass is 241 g/mol. The number of rotatable bonds is 2. The number of nitrogens with zero attached hydrogens (tertiary/aromatic N) is 2. The Balaban J connectivity index is 2.13. The molecular weight excluding hydrogens is 230 g/mol. The van der Waals surface area contributed by atoms with Gasteiger partial charge in [-0.1, -0.05) is 6.07 Å². The number of hydrogen-bond acceptors (Lipinski definition) is 3. The number of nitrogens with one attached hydrogen (secondary N) is 1. The molecule has 18 heavy (non-hydrogen) atoms. The van der Waals surface area contributed by atoms with Crippen LogP contribution in [0, 0.1) is 0 Å². The molecule has 0 unspecified atom stereocenters. The number of benzene rings is 1. The van der Waals surface area contributed by atoms with Crippen molar-refractivity contribution < 1.29 is 9.59 Å². The van der Waals surface area contributed by atoms with Crippen LogP contribution in [0.2, 0.25) is 0 Å². The van der Waals surface area contributed by atoms with E-state index in [4.69, 9.17) is 0 Å². The van der Waals surface area contributed by atoms with E-state index in [1.165, 1.54) is 0 Å². The standard InChI is InChI=1S/C13H11N3O2/c1-16-7-14-11(6-17)13(16)8-2-3-10-9(4-8)5-12(18)15-10/h2-4,6-7H,5H2,1H3,(H,15,18). The Morgan fingerprint density at radius 3 is 3.06 bits per heavy atom. The molecule has 0 bridgehead atoms. The summed E-state index contributed by atoms with van der Waals surface area (Å²) in [5.41, 5.74) is 3.88. The van der Waals surface area contributed by atoms with E-state index in [0.29, 0.717) is 12.1 Å². The van der Waals surface area contributed by atoms with Crippen molar-refractivity contribution in [3.63, 3.8) is 0 Å². The predicted molar refractivity (Wildman–Crippen MR) is 66.4 cm³/mol. The lowest BCUT2D eigenvalue weighted by Crippen LogP contribution is -2.03. The van der Waals surface area contributed by atoms with Gasteiger partial charge >= 0.3 is 0 Å². The van der Waals surface area contributed by atoms with Gasteiger partial charge in [-0.25, -0.2) is 4.98 Å². The van der Waals surface area contributed by atoms with Gasteiger partial charge in [0.05, 0.1) is 18.4 Å². The third-order valence-electron chi connectivity index (χ3n) is 3.08. The lowest BCUT2D eigenvalue weighted by molar-refractivity contribution is -0.115. The fraction of sp³-hybridized carbons (Fsp3) is 0.154. The SMILES string of the molecule is Cn1cnc(C=O)c1-c1ccc2c(c1)CC(=O)N2. The smallest absolute Gasteiger partial charge is 0.228 e.